The van der Waals surface area contributed by atoms with Crippen molar-refractivity contribution in [1.82, 2.24) is 9.97 Å². The first-order valence-corrected chi connectivity index (χ1v) is 10.1. The lowest BCUT2D eigenvalue weighted by atomic mass is 9.96. The number of alkyl halides is 3. The topological polar surface area (TPSA) is 91.2 Å². The standard InChI is InChI=1S/C23H18F5N3O3/c1-2-22(33,23(26,27)28)19-11-30-21(31-19)29-10-13-7-18-16(8-17(13)25)15(9-20(32)34-18)12-3-5-14(24)6-4-12/h3-9,11,33H,2,10H2,1H3,(H2,29,30,31). The molecule has 178 valence electrons. The van der Waals surface area contributed by atoms with Gasteiger partial charge >= 0.3 is 11.8 Å². The predicted octanol–water partition coefficient (Wildman–Crippen LogP) is 5.23. The van der Waals surface area contributed by atoms with Crippen LogP contribution in [0.3, 0.4) is 0 Å². The second kappa shape index (κ2) is 8.56. The molecule has 0 aliphatic heterocycles. The van der Waals surface area contributed by atoms with Crippen LogP contribution in [0.25, 0.3) is 22.1 Å². The number of nitrogens with one attached hydrogen (secondary N) is 2. The molecule has 0 saturated heterocycles. The van der Waals surface area contributed by atoms with Gasteiger partial charge in [-0.3, -0.25) is 0 Å². The first kappa shape index (κ1) is 23.4. The Kier molecular flexibility index (Phi) is 5.90. The maximum absolute atomic E-state index is 14.8. The van der Waals surface area contributed by atoms with E-state index in [1.165, 1.54) is 43.3 Å². The van der Waals surface area contributed by atoms with Gasteiger partial charge in [-0.1, -0.05) is 19.1 Å². The van der Waals surface area contributed by atoms with Crippen molar-refractivity contribution in [1.29, 1.82) is 0 Å². The summed E-state index contributed by atoms with van der Waals surface area (Å²) in [5, 5.41) is 12.9. The van der Waals surface area contributed by atoms with Crippen molar-refractivity contribution in [2.75, 3.05) is 5.32 Å². The minimum absolute atomic E-state index is 0.0476. The third-order valence-corrected chi connectivity index (χ3v) is 5.52. The minimum atomic E-state index is -4.92. The molecule has 0 bridgehead atoms. The highest BCUT2D eigenvalue weighted by molar-refractivity contribution is 5.93. The number of nitrogens with zero attached hydrogens (tertiary/aromatic N) is 1. The van der Waals surface area contributed by atoms with E-state index in [0.29, 0.717) is 11.1 Å². The first-order valence-electron chi connectivity index (χ1n) is 10.1. The molecule has 0 radical (unpaired) electrons. The molecule has 0 aliphatic rings. The van der Waals surface area contributed by atoms with Gasteiger partial charge in [0, 0.05) is 23.6 Å². The zero-order chi connectivity index (χ0) is 24.7. The second-order valence-corrected chi connectivity index (χ2v) is 7.64. The van der Waals surface area contributed by atoms with Crippen LogP contribution in [0.5, 0.6) is 0 Å². The van der Waals surface area contributed by atoms with E-state index in [1.807, 2.05) is 0 Å². The average molecular weight is 479 g/mol. The molecule has 6 nitrogen and oxygen atoms in total. The van der Waals surface area contributed by atoms with Gasteiger partial charge in [0.2, 0.25) is 11.5 Å². The number of aromatic amines is 1. The Hall–Kier alpha value is -3.73. The molecule has 4 aromatic rings. The Morgan fingerprint density at radius 1 is 1.12 bits per heavy atom. The largest absolute Gasteiger partial charge is 0.423 e. The molecule has 0 amide bonds. The Balaban J connectivity index is 1.63. The smallest absolute Gasteiger partial charge is 0.422 e. The molecule has 0 saturated carbocycles. The van der Waals surface area contributed by atoms with Crippen LogP contribution < -0.4 is 10.9 Å². The van der Waals surface area contributed by atoms with Crippen LogP contribution in [-0.4, -0.2) is 21.3 Å². The highest BCUT2D eigenvalue weighted by Gasteiger charge is 2.54. The molecular formula is C23H18F5N3O3. The summed E-state index contributed by atoms with van der Waals surface area (Å²) in [6.07, 6.45) is -4.70. The highest BCUT2D eigenvalue weighted by Crippen LogP contribution is 2.41. The van der Waals surface area contributed by atoms with E-state index in [-0.39, 0.29) is 29.0 Å². The maximum Gasteiger partial charge on any atom is 0.422 e. The van der Waals surface area contributed by atoms with Crippen molar-refractivity contribution >= 4 is 16.9 Å². The van der Waals surface area contributed by atoms with Gasteiger partial charge in [-0.25, -0.2) is 18.6 Å². The highest BCUT2D eigenvalue weighted by atomic mass is 19.4. The Morgan fingerprint density at radius 2 is 1.82 bits per heavy atom. The summed E-state index contributed by atoms with van der Waals surface area (Å²) in [5.74, 6) is -1.26. The van der Waals surface area contributed by atoms with E-state index in [4.69, 9.17) is 4.42 Å². The number of halogens is 5. The lowest BCUT2D eigenvalue weighted by Gasteiger charge is -2.27. The fourth-order valence-electron chi connectivity index (χ4n) is 3.57. The van der Waals surface area contributed by atoms with Crippen LogP contribution in [0.1, 0.15) is 24.6 Å². The molecule has 2 aromatic heterocycles. The van der Waals surface area contributed by atoms with E-state index in [0.717, 1.165) is 12.3 Å². The molecule has 11 heteroatoms. The predicted molar refractivity (Wildman–Crippen MR) is 114 cm³/mol. The zero-order valence-corrected chi connectivity index (χ0v) is 17.6. The quantitative estimate of drug-likeness (QED) is 0.260. The van der Waals surface area contributed by atoms with Gasteiger partial charge in [-0.15, -0.1) is 0 Å². The summed E-state index contributed by atoms with van der Waals surface area (Å²) in [7, 11) is 0. The fourth-order valence-corrected chi connectivity index (χ4v) is 3.57. The van der Waals surface area contributed by atoms with E-state index in [2.05, 4.69) is 15.3 Å². The number of imidazole rings is 1. The summed E-state index contributed by atoms with van der Waals surface area (Å²) in [6, 6.07) is 8.93. The summed E-state index contributed by atoms with van der Waals surface area (Å²) in [6.45, 7) is 0.968. The van der Waals surface area contributed by atoms with Crippen molar-refractivity contribution in [3.8, 4) is 11.1 Å². The van der Waals surface area contributed by atoms with Crippen molar-refractivity contribution in [3.63, 3.8) is 0 Å². The fraction of sp³-hybridized carbons (Fsp3) is 0.217. The third-order valence-electron chi connectivity index (χ3n) is 5.52. The van der Waals surface area contributed by atoms with E-state index >= 15 is 0 Å². The molecule has 34 heavy (non-hydrogen) atoms. The van der Waals surface area contributed by atoms with Gasteiger partial charge in [-0.05, 0) is 41.8 Å². The molecule has 0 fully saturated rings. The van der Waals surface area contributed by atoms with Gasteiger partial charge < -0.3 is 19.8 Å². The zero-order valence-electron chi connectivity index (χ0n) is 17.6. The average Bonchev–Trinajstić information content (AvgIpc) is 3.26. The summed E-state index contributed by atoms with van der Waals surface area (Å²) < 4.78 is 73.0. The Bertz CT molecular complexity index is 1400. The van der Waals surface area contributed by atoms with Crippen LogP contribution >= 0.6 is 0 Å². The lowest BCUT2D eigenvalue weighted by Crippen LogP contribution is -2.42. The van der Waals surface area contributed by atoms with E-state index in [9.17, 15) is 31.9 Å². The van der Waals surface area contributed by atoms with Crippen molar-refractivity contribution in [2.45, 2.75) is 31.7 Å². The van der Waals surface area contributed by atoms with Crippen molar-refractivity contribution in [3.05, 3.63) is 82.0 Å². The minimum Gasteiger partial charge on any atom is -0.423 e. The van der Waals surface area contributed by atoms with Gasteiger partial charge in [0.1, 0.15) is 17.2 Å². The number of rotatable bonds is 6. The number of hydrogen-bond donors (Lipinski definition) is 3. The van der Waals surface area contributed by atoms with E-state index < -0.39 is 41.2 Å². The molecule has 1 atom stereocenters. The van der Waals surface area contributed by atoms with Gasteiger partial charge in [0.25, 0.3) is 0 Å². The number of aromatic nitrogens is 2. The van der Waals surface area contributed by atoms with Crippen LogP contribution in [0.2, 0.25) is 0 Å². The lowest BCUT2D eigenvalue weighted by molar-refractivity contribution is -0.269. The molecular weight excluding hydrogens is 461 g/mol. The maximum atomic E-state index is 14.8. The SMILES string of the molecule is CCC(O)(c1cnc(NCc2cc3oc(=O)cc(-c4ccc(F)cc4)c3cc2F)[nH]1)C(F)(F)F. The van der Waals surface area contributed by atoms with Crippen LogP contribution in [0.15, 0.2) is 57.9 Å². The number of benzene rings is 2. The third kappa shape index (κ3) is 4.26. The molecule has 3 N–H and O–H groups in total. The van der Waals surface area contributed by atoms with Crippen molar-refractivity contribution in [2.24, 2.45) is 0 Å². The van der Waals surface area contributed by atoms with Gasteiger partial charge in [0.15, 0.2) is 0 Å². The first-order chi connectivity index (χ1) is 16.0. The van der Waals surface area contributed by atoms with Crippen LogP contribution in [0, 0.1) is 11.6 Å². The summed E-state index contributed by atoms with van der Waals surface area (Å²) >= 11 is 0. The van der Waals surface area contributed by atoms with Crippen LogP contribution in [0.4, 0.5) is 27.9 Å². The normalized spacial score (nSPS) is 13.7. The molecule has 2 aromatic carbocycles. The number of H-pyrrole nitrogens is 1. The molecule has 4 rings (SSSR count). The van der Waals surface area contributed by atoms with Gasteiger partial charge in [0.05, 0.1) is 11.9 Å². The monoisotopic (exact) mass is 479 g/mol. The van der Waals surface area contributed by atoms with Crippen LogP contribution in [-0.2, 0) is 12.1 Å². The molecule has 2 heterocycles. The summed E-state index contributed by atoms with van der Waals surface area (Å²) in [5.41, 5.74) is -3.40. The van der Waals surface area contributed by atoms with Crippen molar-refractivity contribution < 1.29 is 31.5 Å². The second-order valence-electron chi connectivity index (χ2n) is 7.64. The number of aliphatic hydroxyl groups is 1. The van der Waals surface area contributed by atoms with E-state index in [1.54, 1.807) is 0 Å². The molecule has 0 aliphatic carbocycles. The number of fused-ring (bicyclic) bond motifs is 1. The molecule has 0 spiro atoms. The van der Waals surface area contributed by atoms with Gasteiger partial charge in [-0.2, -0.15) is 13.2 Å². The number of anilines is 1. The molecule has 1 unspecified atom stereocenters. The Morgan fingerprint density at radius 3 is 2.47 bits per heavy atom. The summed E-state index contributed by atoms with van der Waals surface area (Å²) in [4.78, 5) is 18.2. The number of hydrogen-bond acceptors (Lipinski definition) is 5. The Labute approximate surface area is 189 Å².